The first kappa shape index (κ1) is 24.1. The number of carbonyl (C=O) groups is 2. The molecule has 4 aromatic rings. The number of hydrogen-bond donors (Lipinski definition) is 2. The van der Waals surface area contributed by atoms with Gasteiger partial charge in [-0.3, -0.25) is 0 Å². The van der Waals surface area contributed by atoms with Gasteiger partial charge in [0, 0.05) is 17.9 Å². The molecule has 4 aromatic carbocycles. The second kappa shape index (κ2) is 10.6. The maximum Gasteiger partial charge on any atom is 0.407 e. The number of nitrogens with one attached hydrogen (secondary N) is 1. The summed E-state index contributed by atoms with van der Waals surface area (Å²) in [7, 11) is 1.28. The summed E-state index contributed by atoms with van der Waals surface area (Å²) in [5, 5.41) is 13.0. The lowest BCUT2D eigenvalue weighted by Gasteiger charge is -2.19. The van der Waals surface area contributed by atoms with E-state index < -0.39 is 18.1 Å². The maximum absolute atomic E-state index is 12.8. The van der Waals surface area contributed by atoms with Crippen molar-refractivity contribution >= 4 is 12.1 Å². The highest BCUT2D eigenvalue weighted by molar-refractivity contribution is 5.82. The Balaban J connectivity index is 1.29. The molecule has 1 atom stereocenters. The quantitative estimate of drug-likeness (QED) is 0.324. The van der Waals surface area contributed by atoms with Gasteiger partial charge >= 0.3 is 12.1 Å². The van der Waals surface area contributed by atoms with Gasteiger partial charge in [0.2, 0.25) is 0 Å². The number of fused-ring (bicyclic) bond motifs is 3. The van der Waals surface area contributed by atoms with Crippen molar-refractivity contribution in [2.75, 3.05) is 13.7 Å². The third kappa shape index (κ3) is 5.05. The van der Waals surface area contributed by atoms with Gasteiger partial charge in [0.1, 0.15) is 18.4 Å². The first-order valence-electron chi connectivity index (χ1n) is 12.1. The number of carbonyl (C=O) groups excluding carboxylic acids is 2. The van der Waals surface area contributed by atoms with Crippen LogP contribution in [0.25, 0.3) is 22.3 Å². The number of methoxy groups -OCH3 is 1. The second-order valence-electron chi connectivity index (χ2n) is 8.97. The highest BCUT2D eigenvalue weighted by Crippen LogP contribution is 2.44. The summed E-state index contributed by atoms with van der Waals surface area (Å²) >= 11 is 0. The fraction of sp³-hybridized carbons (Fsp3) is 0.161. The predicted octanol–water partition coefficient (Wildman–Crippen LogP) is 5.68. The molecule has 0 saturated heterocycles. The number of hydrogen-bond acceptors (Lipinski definition) is 5. The molecule has 0 fully saturated rings. The molecule has 37 heavy (non-hydrogen) atoms. The second-order valence-corrected chi connectivity index (χ2v) is 8.97. The van der Waals surface area contributed by atoms with E-state index in [2.05, 4.69) is 17.4 Å². The average Bonchev–Trinajstić information content (AvgIpc) is 3.26. The van der Waals surface area contributed by atoms with Crippen LogP contribution in [0, 0.1) is 0 Å². The average molecular weight is 494 g/mol. The molecule has 5 rings (SSSR count). The van der Waals surface area contributed by atoms with Crippen LogP contribution in [-0.2, 0) is 20.7 Å². The topological polar surface area (TPSA) is 84.9 Å². The van der Waals surface area contributed by atoms with Crippen LogP contribution in [0.1, 0.15) is 22.6 Å². The third-order valence-corrected chi connectivity index (χ3v) is 6.71. The minimum atomic E-state index is -0.950. The maximum atomic E-state index is 12.8. The Hall–Kier alpha value is -4.58. The van der Waals surface area contributed by atoms with Crippen LogP contribution < -0.4 is 5.32 Å². The Morgan fingerprint density at radius 1 is 0.838 bits per heavy atom. The molecule has 0 bridgehead atoms. The summed E-state index contributed by atoms with van der Waals surface area (Å²) in [4.78, 5) is 25.3. The van der Waals surface area contributed by atoms with Crippen molar-refractivity contribution in [2.45, 2.75) is 18.4 Å². The molecule has 0 unspecified atom stereocenters. The number of amides is 1. The van der Waals surface area contributed by atoms with Crippen molar-refractivity contribution in [3.63, 3.8) is 0 Å². The van der Waals surface area contributed by atoms with Gasteiger partial charge in [-0.15, -0.1) is 0 Å². The van der Waals surface area contributed by atoms with Gasteiger partial charge in [-0.25, -0.2) is 9.59 Å². The van der Waals surface area contributed by atoms with Crippen LogP contribution in [-0.4, -0.2) is 36.9 Å². The summed E-state index contributed by atoms with van der Waals surface area (Å²) in [5.74, 6) is -0.530. The molecular weight excluding hydrogens is 466 g/mol. The minimum absolute atomic E-state index is 0.0831. The zero-order chi connectivity index (χ0) is 25.8. The SMILES string of the molecule is COC(=O)[C@H](Cc1ccc(O)c(-c2ccccc2)c1)NC(=O)OCC1c2ccccc2-c2ccccc21. The van der Waals surface area contributed by atoms with E-state index in [-0.39, 0.29) is 24.7 Å². The lowest BCUT2D eigenvalue weighted by atomic mass is 9.98. The Bertz CT molecular complexity index is 1390. The molecule has 186 valence electrons. The van der Waals surface area contributed by atoms with Gasteiger partial charge < -0.3 is 19.9 Å². The molecule has 0 saturated carbocycles. The lowest BCUT2D eigenvalue weighted by Crippen LogP contribution is -2.43. The van der Waals surface area contributed by atoms with E-state index in [0.29, 0.717) is 5.56 Å². The minimum Gasteiger partial charge on any atom is -0.507 e. The monoisotopic (exact) mass is 493 g/mol. The van der Waals surface area contributed by atoms with E-state index in [1.807, 2.05) is 66.7 Å². The molecule has 1 amide bonds. The number of phenolic OH excluding ortho intramolecular Hbond substituents is 1. The van der Waals surface area contributed by atoms with Gasteiger partial charge in [-0.2, -0.15) is 0 Å². The largest absolute Gasteiger partial charge is 0.507 e. The number of benzene rings is 4. The van der Waals surface area contributed by atoms with Crippen LogP contribution >= 0.6 is 0 Å². The van der Waals surface area contributed by atoms with Crippen LogP contribution in [0.3, 0.4) is 0 Å². The van der Waals surface area contributed by atoms with E-state index in [9.17, 15) is 14.7 Å². The summed E-state index contributed by atoms with van der Waals surface area (Å²) in [5.41, 5.74) is 6.74. The van der Waals surface area contributed by atoms with E-state index in [1.165, 1.54) is 7.11 Å². The van der Waals surface area contributed by atoms with Crippen LogP contribution in [0.15, 0.2) is 97.1 Å². The molecule has 1 aliphatic carbocycles. The molecule has 2 N–H and O–H groups in total. The first-order chi connectivity index (χ1) is 18.0. The fourth-order valence-corrected chi connectivity index (χ4v) is 4.91. The van der Waals surface area contributed by atoms with Crippen LogP contribution in [0.5, 0.6) is 5.75 Å². The summed E-state index contributed by atoms with van der Waals surface area (Å²) in [6.07, 6.45) is -0.518. The molecule has 0 aromatic heterocycles. The van der Waals surface area contributed by atoms with Crippen LogP contribution in [0.2, 0.25) is 0 Å². The highest BCUT2D eigenvalue weighted by Gasteiger charge is 2.30. The summed E-state index contributed by atoms with van der Waals surface area (Å²) < 4.78 is 10.6. The van der Waals surface area contributed by atoms with Gasteiger partial charge in [0.05, 0.1) is 7.11 Å². The highest BCUT2D eigenvalue weighted by atomic mass is 16.6. The third-order valence-electron chi connectivity index (χ3n) is 6.71. The van der Waals surface area contributed by atoms with Crippen molar-refractivity contribution in [3.8, 4) is 28.0 Å². The molecule has 6 heteroatoms. The van der Waals surface area contributed by atoms with Crippen molar-refractivity contribution in [1.29, 1.82) is 0 Å². The van der Waals surface area contributed by atoms with E-state index in [0.717, 1.165) is 33.4 Å². The van der Waals surface area contributed by atoms with Crippen molar-refractivity contribution in [2.24, 2.45) is 0 Å². The Morgan fingerprint density at radius 3 is 2.11 bits per heavy atom. The molecule has 0 aliphatic heterocycles. The number of esters is 1. The Labute approximate surface area is 215 Å². The summed E-state index contributed by atoms with van der Waals surface area (Å²) in [6.45, 7) is 0.144. The van der Waals surface area contributed by atoms with Crippen molar-refractivity contribution < 1.29 is 24.2 Å². The van der Waals surface area contributed by atoms with Crippen molar-refractivity contribution in [3.05, 3.63) is 114 Å². The number of ether oxygens (including phenoxy) is 2. The fourth-order valence-electron chi connectivity index (χ4n) is 4.91. The van der Waals surface area contributed by atoms with E-state index in [4.69, 9.17) is 9.47 Å². The first-order valence-corrected chi connectivity index (χ1v) is 12.1. The van der Waals surface area contributed by atoms with Crippen LogP contribution in [0.4, 0.5) is 4.79 Å². The smallest absolute Gasteiger partial charge is 0.407 e. The Kier molecular flexibility index (Phi) is 6.90. The van der Waals surface area contributed by atoms with Gasteiger partial charge in [0.25, 0.3) is 0 Å². The van der Waals surface area contributed by atoms with Gasteiger partial charge in [-0.1, -0.05) is 84.9 Å². The molecule has 0 heterocycles. The molecular formula is C31H27NO5. The Morgan fingerprint density at radius 2 is 1.46 bits per heavy atom. The molecule has 0 radical (unpaired) electrons. The predicted molar refractivity (Wildman–Crippen MR) is 141 cm³/mol. The lowest BCUT2D eigenvalue weighted by molar-refractivity contribution is -0.143. The molecule has 0 spiro atoms. The molecule has 6 nitrogen and oxygen atoms in total. The van der Waals surface area contributed by atoms with E-state index in [1.54, 1.807) is 18.2 Å². The standard InChI is InChI=1S/C31H27NO5/c1-36-30(34)28(18-20-15-16-29(33)26(17-20)21-9-3-2-4-10-21)32-31(35)37-19-27-24-13-7-5-11-22(24)23-12-6-8-14-25(23)27/h2-17,27-28,33H,18-19H2,1H3,(H,32,35)/t28-/m0/s1. The summed E-state index contributed by atoms with van der Waals surface area (Å²) in [6, 6.07) is 29.8. The number of rotatable bonds is 7. The number of alkyl carbamates (subject to hydrolysis) is 1. The normalized spacial score (nSPS) is 12.8. The zero-order valence-corrected chi connectivity index (χ0v) is 20.4. The van der Waals surface area contributed by atoms with Gasteiger partial charge in [0.15, 0.2) is 0 Å². The number of aromatic hydroxyl groups is 1. The van der Waals surface area contributed by atoms with Crippen molar-refractivity contribution in [1.82, 2.24) is 5.32 Å². The molecule has 1 aliphatic rings. The zero-order valence-electron chi connectivity index (χ0n) is 20.4. The van der Waals surface area contributed by atoms with Gasteiger partial charge in [-0.05, 0) is 45.5 Å². The number of phenols is 1. The van der Waals surface area contributed by atoms with E-state index >= 15 is 0 Å².